The number of anilines is 3. The summed E-state index contributed by atoms with van der Waals surface area (Å²) < 4.78 is 24.7. The Labute approximate surface area is 157 Å². The molecule has 0 atom stereocenters. The van der Waals surface area contributed by atoms with Crippen LogP contribution in [0.3, 0.4) is 0 Å². The van der Waals surface area contributed by atoms with Crippen molar-refractivity contribution >= 4 is 33.4 Å². The van der Waals surface area contributed by atoms with Crippen molar-refractivity contribution in [3.8, 4) is 0 Å². The number of piperidine rings is 1. The molecule has 0 unspecified atom stereocenters. The second-order valence-electron chi connectivity index (χ2n) is 6.54. The third-order valence-corrected chi connectivity index (χ3v) is 5.95. The lowest BCUT2D eigenvalue weighted by Gasteiger charge is -2.30. The molecular weight excluding hydrogens is 368 g/mol. The molecule has 1 aromatic carbocycles. The average molecular weight is 390 g/mol. The molecule has 9 nitrogen and oxygen atoms in total. The SMILES string of the molecule is CS(=O)(=O)N1CCC(c2ccc(Nc3ncc(C(N)=O)c(N)n3)cc2)CC1. The van der Waals surface area contributed by atoms with Crippen LogP contribution in [0.25, 0.3) is 0 Å². The van der Waals surface area contributed by atoms with Crippen LogP contribution in [0.1, 0.15) is 34.7 Å². The summed E-state index contributed by atoms with van der Waals surface area (Å²) in [4.78, 5) is 19.2. The molecule has 10 heteroatoms. The van der Waals surface area contributed by atoms with Crippen molar-refractivity contribution < 1.29 is 13.2 Å². The van der Waals surface area contributed by atoms with Crippen LogP contribution >= 0.6 is 0 Å². The Balaban J connectivity index is 1.64. The number of nitrogens with one attached hydrogen (secondary N) is 1. The lowest BCUT2D eigenvalue weighted by Crippen LogP contribution is -2.37. The van der Waals surface area contributed by atoms with Gasteiger partial charge in [0.2, 0.25) is 16.0 Å². The highest BCUT2D eigenvalue weighted by Gasteiger charge is 2.25. The van der Waals surface area contributed by atoms with Crippen molar-refractivity contribution in [2.75, 3.05) is 30.4 Å². The van der Waals surface area contributed by atoms with Gasteiger partial charge in [0.15, 0.2) is 0 Å². The molecule has 1 aliphatic rings. The number of carbonyl (C=O) groups excluding carboxylic acids is 1. The molecule has 1 amide bonds. The Bertz CT molecular complexity index is 938. The van der Waals surface area contributed by atoms with Crippen LogP contribution in [0.4, 0.5) is 17.5 Å². The number of nitrogen functional groups attached to an aromatic ring is 1. The van der Waals surface area contributed by atoms with Gasteiger partial charge < -0.3 is 16.8 Å². The molecule has 0 saturated carbocycles. The van der Waals surface area contributed by atoms with E-state index in [0.717, 1.165) is 18.5 Å². The zero-order valence-electron chi connectivity index (χ0n) is 14.9. The maximum absolute atomic E-state index is 11.6. The molecule has 3 rings (SSSR count). The molecule has 5 N–H and O–H groups in total. The number of sulfonamides is 1. The summed E-state index contributed by atoms with van der Waals surface area (Å²) in [5, 5.41) is 3.03. The Morgan fingerprint density at radius 2 is 1.85 bits per heavy atom. The summed E-state index contributed by atoms with van der Waals surface area (Å²) in [5.41, 5.74) is 12.9. The van der Waals surface area contributed by atoms with Crippen LogP contribution in [0.15, 0.2) is 30.5 Å². The summed E-state index contributed by atoms with van der Waals surface area (Å²) in [6, 6.07) is 7.81. The minimum absolute atomic E-state index is 0.0225. The molecule has 0 aliphatic carbocycles. The molecule has 1 aliphatic heterocycles. The molecule has 1 aromatic heterocycles. The number of primary amides is 1. The van der Waals surface area contributed by atoms with Crippen molar-refractivity contribution in [1.82, 2.24) is 14.3 Å². The molecule has 2 aromatic rings. The zero-order valence-corrected chi connectivity index (χ0v) is 15.7. The molecule has 1 fully saturated rings. The number of nitrogens with zero attached hydrogens (tertiary/aromatic N) is 3. The van der Waals surface area contributed by atoms with Gasteiger partial charge in [-0.15, -0.1) is 0 Å². The van der Waals surface area contributed by atoms with Gasteiger partial charge in [-0.2, -0.15) is 4.98 Å². The summed E-state index contributed by atoms with van der Waals surface area (Å²) in [6.07, 6.45) is 4.14. The van der Waals surface area contributed by atoms with Crippen molar-refractivity contribution in [2.45, 2.75) is 18.8 Å². The van der Waals surface area contributed by atoms with Crippen molar-refractivity contribution in [3.05, 3.63) is 41.6 Å². The van der Waals surface area contributed by atoms with Gasteiger partial charge in [-0.3, -0.25) is 4.79 Å². The van der Waals surface area contributed by atoms with Crippen molar-refractivity contribution in [1.29, 1.82) is 0 Å². The molecule has 2 heterocycles. The maximum atomic E-state index is 11.6. The van der Waals surface area contributed by atoms with E-state index in [1.54, 1.807) is 0 Å². The quantitative estimate of drug-likeness (QED) is 0.691. The largest absolute Gasteiger partial charge is 0.383 e. The van der Waals surface area contributed by atoms with E-state index in [9.17, 15) is 13.2 Å². The molecule has 0 spiro atoms. The first-order valence-corrected chi connectivity index (χ1v) is 10.3. The molecule has 0 bridgehead atoms. The topological polar surface area (TPSA) is 144 Å². The smallest absolute Gasteiger partial charge is 0.254 e. The highest BCUT2D eigenvalue weighted by atomic mass is 32.2. The average Bonchev–Trinajstić information content (AvgIpc) is 2.61. The Morgan fingerprint density at radius 3 is 2.37 bits per heavy atom. The number of nitrogens with two attached hydrogens (primary N) is 2. The predicted molar refractivity (Wildman–Crippen MR) is 103 cm³/mol. The van der Waals surface area contributed by atoms with Crippen LogP contribution in [-0.2, 0) is 10.0 Å². The summed E-state index contributed by atoms with van der Waals surface area (Å²) in [7, 11) is -3.11. The van der Waals surface area contributed by atoms with Gasteiger partial charge in [-0.1, -0.05) is 12.1 Å². The van der Waals surface area contributed by atoms with Crippen LogP contribution in [0, 0.1) is 0 Å². The van der Waals surface area contributed by atoms with Crippen LogP contribution in [-0.4, -0.2) is 47.9 Å². The molecule has 1 saturated heterocycles. The fourth-order valence-corrected chi connectivity index (χ4v) is 4.01. The van der Waals surface area contributed by atoms with E-state index in [1.165, 1.54) is 22.3 Å². The van der Waals surface area contributed by atoms with Gasteiger partial charge in [0.05, 0.1) is 11.8 Å². The summed E-state index contributed by atoms with van der Waals surface area (Å²) in [5.74, 6) is -0.0508. The van der Waals surface area contributed by atoms with Crippen LogP contribution in [0.5, 0.6) is 0 Å². The number of hydrogen-bond donors (Lipinski definition) is 3. The molecular formula is C17H22N6O3S. The van der Waals surface area contributed by atoms with Gasteiger partial charge >= 0.3 is 0 Å². The lowest BCUT2D eigenvalue weighted by atomic mass is 9.90. The number of carbonyl (C=O) groups is 1. The van der Waals surface area contributed by atoms with E-state index in [2.05, 4.69) is 15.3 Å². The normalized spacial score (nSPS) is 16.2. The Morgan fingerprint density at radius 1 is 1.22 bits per heavy atom. The third kappa shape index (κ3) is 4.52. The molecule has 144 valence electrons. The van der Waals surface area contributed by atoms with Gasteiger partial charge in [0.25, 0.3) is 5.91 Å². The first-order chi connectivity index (χ1) is 12.7. The number of amides is 1. The van der Waals surface area contributed by atoms with Gasteiger partial charge in [0.1, 0.15) is 5.82 Å². The summed E-state index contributed by atoms with van der Waals surface area (Å²) in [6.45, 7) is 1.09. The second kappa shape index (κ2) is 7.49. The van der Waals surface area contributed by atoms with E-state index in [1.807, 2.05) is 24.3 Å². The number of rotatable bonds is 5. The highest BCUT2D eigenvalue weighted by Crippen LogP contribution is 2.30. The van der Waals surface area contributed by atoms with Crippen molar-refractivity contribution in [2.24, 2.45) is 5.73 Å². The van der Waals surface area contributed by atoms with Crippen LogP contribution in [0.2, 0.25) is 0 Å². The van der Waals surface area contributed by atoms with Gasteiger partial charge in [-0.25, -0.2) is 17.7 Å². The Kier molecular flexibility index (Phi) is 5.29. The molecule has 27 heavy (non-hydrogen) atoms. The number of hydrogen-bond acceptors (Lipinski definition) is 7. The fourth-order valence-electron chi connectivity index (χ4n) is 3.13. The van der Waals surface area contributed by atoms with Crippen molar-refractivity contribution in [3.63, 3.8) is 0 Å². The van der Waals surface area contributed by atoms with Gasteiger partial charge in [-0.05, 0) is 36.5 Å². The van der Waals surface area contributed by atoms with E-state index >= 15 is 0 Å². The van der Waals surface area contributed by atoms with E-state index in [0.29, 0.717) is 19.0 Å². The Hall–Kier alpha value is -2.72. The van der Waals surface area contributed by atoms with E-state index in [4.69, 9.17) is 11.5 Å². The lowest BCUT2D eigenvalue weighted by molar-refractivity contribution is 0.100. The summed E-state index contributed by atoms with van der Waals surface area (Å²) >= 11 is 0. The minimum atomic E-state index is -3.11. The monoisotopic (exact) mass is 390 g/mol. The van der Waals surface area contributed by atoms with Crippen LogP contribution < -0.4 is 16.8 Å². The van der Waals surface area contributed by atoms with E-state index in [-0.39, 0.29) is 17.3 Å². The number of aromatic nitrogens is 2. The standard InChI is InChI=1S/C17H22N6O3S/c1-27(25,26)23-8-6-12(7-9-23)11-2-4-13(5-3-11)21-17-20-10-14(16(19)24)15(18)22-17/h2-5,10,12H,6-9H2,1H3,(H2,19,24)(H3,18,20,21,22). The molecule has 0 radical (unpaired) electrons. The second-order valence-corrected chi connectivity index (χ2v) is 8.52. The predicted octanol–water partition coefficient (Wildman–Crippen LogP) is 1.04. The third-order valence-electron chi connectivity index (χ3n) is 4.64. The first-order valence-electron chi connectivity index (χ1n) is 8.48. The maximum Gasteiger partial charge on any atom is 0.254 e. The first kappa shape index (κ1) is 19.1. The van der Waals surface area contributed by atoms with E-state index < -0.39 is 15.9 Å². The zero-order chi connectivity index (χ0) is 19.6. The highest BCUT2D eigenvalue weighted by molar-refractivity contribution is 7.88. The van der Waals surface area contributed by atoms with Gasteiger partial charge in [0, 0.05) is 25.0 Å². The fraction of sp³-hybridized carbons (Fsp3) is 0.353. The number of benzene rings is 1. The minimum Gasteiger partial charge on any atom is -0.383 e.